The number of benzene rings is 2. The van der Waals surface area contributed by atoms with E-state index in [-0.39, 0.29) is 24.1 Å². The molecule has 0 bridgehead atoms. The minimum atomic E-state index is -0.199. The molecule has 2 amide bonds. The number of carbonyl (C=O) groups is 2. The lowest BCUT2D eigenvalue weighted by Gasteiger charge is -2.31. The molecule has 5 aliphatic rings. The zero-order valence-electron chi connectivity index (χ0n) is 33.6. The van der Waals surface area contributed by atoms with Crippen molar-refractivity contribution in [3.05, 3.63) is 68.9 Å². The molecule has 0 unspecified atom stereocenters. The van der Waals surface area contributed by atoms with Gasteiger partial charge in [0.15, 0.2) is 10.3 Å². The average Bonchev–Trinajstić information content (AvgIpc) is 3.88. The number of likely N-dealkylation sites (tertiary alicyclic amines) is 1. The maximum absolute atomic E-state index is 13.8. The summed E-state index contributed by atoms with van der Waals surface area (Å²) in [5.41, 5.74) is 6.26. The van der Waals surface area contributed by atoms with Gasteiger partial charge < -0.3 is 25.6 Å². The Hall–Kier alpha value is -3.94. The Morgan fingerprint density at radius 2 is 1.28 bits per heavy atom. The van der Waals surface area contributed by atoms with Crippen LogP contribution in [0.5, 0.6) is 0 Å². The summed E-state index contributed by atoms with van der Waals surface area (Å²) in [6.07, 6.45) is 16.8. The van der Waals surface area contributed by atoms with Crippen LogP contribution in [0, 0.1) is 23.5 Å². The lowest BCUT2D eigenvalue weighted by molar-refractivity contribution is -0.128. The van der Waals surface area contributed by atoms with E-state index in [1.165, 1.54) is 40.8 Å². The summed E-state index contributed by atoms with van der Waals surface area (Å²) in [7, 11) is 1.53. The van der Waals surface area contributed by atoms with Crippen molar-refractivity contribution in [3.8, 4) is 22.5 Å². The van der Waals surface area contributed by atoms with E-state index in [1.54, 1.807) is 46.9 Å². The largest absolute Gasteiger partial charge is 0.375 e. The smallest absolute Gasteiger partial charge is 0.245 e. The molecule has 1 aliphatic heterocycles. The monoisotopic (exact) mass is 830 g/mol. The molecule has 4 aliphatic carbocycles. The van der Waals surface area contributed by atoms with Crippen molar-refractivity contribution in [1.82, 2.24) is 20.2 Å². The van der Waals surface area contributed by atoms with Crippen LogP contribution >= 0.6 is 22.7 Å². The molecule has 3 fully saturated rings. The van der Waals surface area contributed by atoms with Crippen molar-refractivity contribution in [2.24, 2.45) is 11.8 Å². The average molecular weight is 831 g/mol. The molecular weight excluding hydrogens is 775 g/mol. The maximum Gasteiger partial charge on any atom is 0.245 e. The fourth-order valence-corrected chi connectivity index (χ4v) is 11.6. The number of hydrogen-bond acceptors (Lipinski definition) is 9. The molecule has 2 aromatic carbocycles. The Bertz CT molecular complexity index is 2050. The predicted molar refractivity (Wildman–Crippen MR) is 229 cm³/mol. The highest BCUT2D eigenvalue weighted by molar-refractivity contribution is 7.16. The zero-order valence-corrected chi connectivity index (χ0v) is 35.2. The van der Waals surface area contributed by atoms with Gasteiger partial charge in [-0.05, 0) is 144 Å². The van der Waals surface area contributed by atoms with Gasteiger partial charge in [0.25, 0.3) is 0 Å². The van der Waals surface area contributed by atoms with Gasteiger partial charge >= 0.3 is 0 Å². The Kier molecular flexibility index (Phi) is 13.4. The highest BCUT2D eigenvalue weighted by atomic mass is 32.1. The first-order valence-corrected chi connectivity index (χ1v) is 23.0. The van der Waals surface area contributed by atoms with Gasteiger partial charge in [-0.2, -0.15) is 0 Å². The third-order valence-electron chi connectivity index (χ3n) is 12.6. The molecule has 1 saturated heterocycles. The summed E-state index contributed by atoms with van der Waals surface area (Å²) >= 11 is 3.46. The molecule has 0 atom stereocenters. The second-order valence-corrected chi connectivity index (χ2v) is 19.0. The van der Waals surface area contributed by atoms with Crippen molar-refractivity contribution in [1.29, 1.82) is 0 Å². The fraction of sp³-hybridized carbons (Fsp3) is 0.556. The molecule has 2 aromatic heterocycles. The molecular formula is C45H56F2N6O3S2. The van der Waals surface area contributed by atoms with E-state index in [9.17, 15) is 18.4 Å². The number of nitrogens with zero attached hydrogens (tertiary/aromatic N) is 3. The van der Waals surface area contributed by atoms with Gasteiger partial charge in [-0.15, -0.1) is 22.7 Å². The molecule has 4 aromatic rings. The molecule has 2 saturated carbocycles. The molecule has 0 radical (unpaired) electrons. The van der Waals surface area contributed by atoms with Gasteiger partial charge in [0.2, 0.25) is 11.8 Å². The second-order valence-electron chi connectivity index (χ2n) is 16.8. The molecule has 58 heavy (non-hydrogen) atoms. The van der Waals surface area contributed by atoms with E-state index < -0.39 is 0 Å². The quantitative estimate of drug-likeness (QED) is 0.146. The fourth-order valence-electron chi connectivity index (χ4n) is 9.44. The van der Waals surface area contributed by atoms with Crippen molar-refractivity contribution in [2.45, 2.75) is 115 Å². The highest BCUT2D eigenvalue weighted by Crippen LogP contribution is 2.40. The van der Waals surface area contributed by atoms with Gasteiger partial charge in [0.1, 0.15) is 18.2 Å². The van der Waals surface area contributed by atoms with E-state index in [2.05, 4.69) is 20.9 Å². The van der Waals surface area contributed by atoms with Gasteiger partial charge in [-0.3, -0.25) is 9.59 Å². The first kappa shape index (κ1) is 40.8. The minimum Gasteiger partial charge on any atom is -0.375 e. The van der Waals surface area contributed by atoms with E-state index in [0.29, 0.717) is 29.8 Å². The summed E-state index contributed by atoms with van der Waals surface area (Å²) in [5, 5.41) is 12.1. The molecule has 13 heteroatoms. The minimum absolute atomic E-state index is 0.0475. The summed E-state index contributed by atoms with van der Waals surface area (Å²) < 4.78 is 32.5. The highest BCUT2D eigenvalue weighted by Gasteiger charge is 2.29. The van der Waals surface area contributed by atoms with Crippen LogP contribution in [0.2, 0.25) is 0 Å². The molecule has 310 valence electrons. The number of thiazole rings is 2. The number of rotatable bonds is 10. The Morgan fingerprint density at radius 3 is 1.78 bits per heavy atom. The number of fused-ring (bicyclic) bond motifs is 6. The van der Waals surface area contributed by atoms with Crippen molar-refractivity contribution >= 4 is 44.8 Å². The molecule has 0 spiro atoms. The molecule has 3 N–H and O–H groups in total. The number of halogens is 2. The van der Waals surface area contributed by atoms with Crippen LogP contribution in [-0.2, 0) is 40.0 Å². The molecule has 3 heterocycles. The molecule has 9 nitrogen and oxygen atoms in total. The summed E-state index contributed by atoms with van der Waals surface area (Å²) in [5.74, 6) is 1.07. The summed E-state index contributed by atoms with van der Waals surface area (Å²) in [4.78, 5) is 37.7. The molecule has 9 rings (SSSR count). The number of anilines is 2. The predicted octanol–water partition coefficient (Wildman–Crippen LogP) is 9.20. The normalized spacial score (nSPS) is 22.6. The Balaban J connectivity index is 0.000000162. The van der Waals surface area contributed by atoms with Crippen molar-refractivity contribution in [3.63, 3.8) is 0 Å². The lowest BCUT2D eigenvalue weighted by Crippen LogP contribution is -2.35. The van der Waals surface area contributed by atoms with E-state index in [4.69, 9.17) is 14.7 Å². The van der Waals surface area contributed by atoms with Gasteiger partial charge in [-0.1, -0.05) is 12.1 Å². The maximum atomic E-state index is 13.8. The van der Waals surface area contributed by atoms with Crippen LogP contribution in [0.25, 0.3) is 22.5 Å². The number of amides is 2. The van der Waals surface area contributed by atoms with Gasteiger partial charge in [-0.25, -0.2) is 18.7 Å². The number of carbonyl (C=O) groups excluding carboxylic acids is 2. The van der Waals surface area contributed by atoms with Crippen LogP contribution in [0.4, 0.5) is 19.0 Å². The van der Waals surface area contributed by atoms with Crippen LogP contribution in [-0.4, -0.2) is 72.1 Å². The number of hydrogen-bond donors (Lipinski definition) is 3. The van der Waals surface area contributed by atoms with Gasteiger partial charge in [0, 0.05) is 66.1 Å². The van der Waals surface area contributed by atoms with E-state index in [1.807, 2.05) is 12.1 Å². The standard InChI is InChI=1S/C23H28FN3OS.C22H28FN3O2S/c24-17-9-8-16-3-1-4-20-22(19(16)13-17)26-23(29-20)25-18-10-6-15(7-11-18)14-27-12-2-5-21(27)28;1-28-13-20(27)24-12-14-5-9-17(10-6-14)25-22-26-21-18-11-16(23)8-7-15(18)3-2-4-19(21)29-22/h8-9,13,15,18H,1-7,10-12,14H2,(H,25,26);7-8,11,14,17H,2-6,9-10,12-13H2,1H3,(H,24,27)(H,25,26). The number of nitrogens with one attached hydrogen (secondary N) is 3. The van der Waals surface area contributed by atoms with Crippen molar-refractivity contribution < 1.29 is 23.1 Å². The SMILES string of the molecule is COCC(=O)NCC1CCC(Nc2nc3c(s2)CCCc2ccc(F)cc2-3)CC1.O=C1CCCN1CC1CCC(Nc2nc3c(s2)CCCc2ccc(F)cc2-3)CC1. The van der Waals surface area contributed by atoms with Crippen LogP contribution in [0.15, 0.2) is 36.4 Å². The van der Waals surface area contributed by atoms with Crippen LogP contribution in [0.1, 0.15) is 97.9 Å². The topological polar surface area (TPSA) is 108 Å². The second kappa shape index (κ2) is 19.0. The number of aryl methyl sites for hydroxylation is 4. The zero-order chi connectivity index (χ0) is 40.0. The number of ether oxygens (including phenoxy) is 1. The van der Waals surface area contributed by atoms with Gasteiger partial charge in [0.05, 0.1) is 11.4 Å². The number of aromatic nitrogens is 2. The van der Waals surface area contributed by atoms with Crippen molar-refractivity contribution in [2.75, 3.05) is 44.0 Å². The lowest BCUT2D eigenvalue weighted by atomic mass is 9.86. The first-order valence-electron chi connectivity index (χ1n) is 21.4. The first-order chi connectivity index (χ1) is 28.3. The summed E-state index contributed by atoms with van der Waals surface area (Å²) in [6.45, 7) is 2.74. The Labute approximate surface area is 348 Å². The van der Waals surface area contributed by atoms with E-state index >= 15 is 0 Å². The third-order valence-corrected chi connectivity index (χ3v) is 14.7. The van der Waals surface area contributed by atoms with Crippen LogP contribution < -0.4 is 16.0 Å². The number of methoxy groups -OCH3 is 1. The summed E-state index contributed by atoms with van der Waals surface area (Å²) in [6, 6.07) is 11.1. The van der Waals surface area contributed by atoms with E-state index in [0.717, 1.165) is 142 Å². The Morgan fingerprint density at radius 1 is 0.741 bits per heavy atom. The third kappa shape index (κ3) is 10.1. The van der Waals surface area contributed by atoms with Crippen LogP contribution in [0.3, 0.4) is 0 Å².